The molecule has 31 heavy (non-hydrogen) atoms. The Balaban J connectivity index is 1.35. The van der Waals surface area contributed by atoms with Crippen LogP contribution in [0.25, 0.3) is 0 Å². The van der Waals surface area contributed by atoms with Crippen LogP contribution in [0.5, 0.6) is 0 Å². The van der Waals surface area contributed by atoms with E-state index in [2.05, 4.69) is 46.4 Å². The average molecular weight is 443 g/mol. The fourth-order valence-electron chi connectivity index (χ4n) is 4.28. The number of anilines is 1. The maximum absolute atomic E-state index is 12.7. The number of amides is 1. The van der Waals surface area contributed by atoms with Gasteiger partial charge >= 0.3 is 0 Å². The zero-order chi connectivity index (χ0) is 21.6. The first-order chi connectivity index (χ1) is 15.1. The Labute approximate surface area is 189 Å². The highest BCUT2D eigenvalue weighted by atomic mass is 35.5. The molecular weight excluding hydrogens is 412 g/mol. The maximum atomic E-state index is 12.7. The minimum atomic E-state index is 0.0192. The van der Waals surface area contributed by atoms with Crippen molar-refractivity contribution in [2.24, 2.45) is 0 Å². The SMILES string of the molecule is CC1CN(Cc2cccc(CNc3ncc(C(=O)N4CCCCC4)cc3Cl)c2)CCO1. The second kappa shape index (κ2) is 10.4. The molecule has 0 aliphatic carbocycles. The number of hydrogen-bond acceptors (Lipinski definition) is 5. The summed E-state index contributed by atoms with van der Waals surface area (Å²) in [4.78, 5) is 21.4. The zero-order valence-corrected chi connectivity index (χ0v) is 18.9. The smallest absolute Gasteiger partial charge is 0.255 e. The molecule has 166 valence electrons. The van der Waals surface area contributed by atoms with E-state index in [1.165, 1.54) is 17.5 Å². The van der Waals surface area contributed by atoms with Crippen LogP contribution in [0.4, 0.5) is 5.82 Å². The van der Waals surface area contributed by atoms with Crippen molar-refractivity contribution < 1.29 is 9.53 Å². The summed E-state index contributed by atoms with van der Waals surface area (Å²) < 4.78 is 5.63. The van der Waals surface area contributed by atoms with E-state index >= 15 is 0 Å². The lowest BCUT2D eigenvalue weighted by Gasteiger charge is -2.31. The van der Waals surface area contributed by atoms with Gasteiger partial charge in [-0.2, -0.15) is 0 Å². The molecule has 1 amide bonds. The van der Waals surface area contributed by atoms with Gasteiger partial charge < -0.3 is 15.0 Å². The number of morpholine rings is 1. The lowest BCUT2D eigenvalue weighted by molar-refractivity contribution is -0.0212. The van der Waals surface area contributed by atoms with Crippen LogP contribution in [0.15, 0.2) is 36.5 Å². The molecule has 2 aromatic rings. The first-order valence-electron chi connectivity index (χ1n) is 11.2. The van der Waals surface area contributed by atoms with Crippen LogP contribution >= 0.6 is 11.6 Å². The van der Waals surface area contributed by atoms with Crippen molar-refractivity contribution >= 4 is 23.3 Å². The van der Waals surface area contributed by atoms with Gasteiger partial charge in [0.15, 0.2) is 0 Å². The molecule has 0 spiro atoms. The fourth-order valence-corrected chi connectivity index (χ4v) is 4.51. The van der Waals surface area contributed by atoms with Crippen molar-refractivity contribution in [3.05, 3.63) is 58.2 Å². The monoisotopic (exact) mass is 442 g/mol. The minimum Gasteiger partial charge on any atom is -0.376 e. The Bertz CT molecular complexity index is 901. The molecule has 1 atom stereocenters. The number of halogens is 1. The highest BCUT2D eigenvalue weighted by Gasteiger charge is 2.20. The summed E-state index contributed by atoms with van der Waals surface area (Å²) in [5.74, 6) is 0.620. The summed E-state index contributed by atoms with van der Waals surface area (Å²) in [5, 5.41) is 3.78. The highest BCUT2D eigenvalue weighted by Crippen LogP contribution is 2.23. The van der Waals surface area contributed by atoms with E-state index < -0.39 is 0 Å². The molecule has 6 nitrogen and oxygen atoms in total. The Morgan fingerprint density at radius 2 is 2.00 bits per heavy atom. The third-order valence-electron chi connectivity index (χ3n) is 5.91. The number of carbonyl (C=O) groups excluding carboxylic acids is 1. The van der Waals surface area contributed by atoms with Crippen molar-refractivity contribution in [3.63, 3.8) is 0 Å². The molecule has 4 rings (SSSR count). The van der Waals surface area contributed by atoms with Gasteiger partial charge in [0.05, 0.1) is 23.3 Å². The summed E-state index contributed by atoms with van der Waals surface area (Å²) >= 11 is 6.44. The summed E-state index contributed by atoms with van der Waals surface area (Å²) in [6.07, 6.45) is 5.24. The first-order valence-corrected chi connectivity index (χ1v) is 11.6. The van der Waals surface area contributed by atoms with Gasteiger partial charge in [-0.05, 0) is 43.4 Å². The summed E-state index contributed by atoms with van der Waals surface area (Å²) in [5.41, 5.74) is 3.01. The Kier molecular flexibility index (Phi) is 7.43. The fraction of sp³-hybridized carbons (Fsp3) is 0.500. The third kappa shape index (κ3) is 5.97. The predicted octanol–water partition coefficient (Wildman–Crippen LogP) is 4.19. The molecule has 1 aromatic heterocycles. The van der Waals surface area contributed by atoms with Crippen molar-refractivity contribution in [1.82, 2.24) is 14.8 Å². The van der Waals surface area contributed by atoms with Crippen molar-refractivity contribution in [1.29, 1.82) is 0 Å². The van der Waals surface area contributed by atoms with Gasteiger partial charge in [0, 0.05) is 45.5 Å². The van der Waals surface area contributed by atoms with Gasteiger partial charge in [-0.15, -0.1) is 0 Å². The van der Waals surface area contributed by atoms with E-state index in [1.54, 1.807) is 12.3 Å². The number of aromatic nitrogens is 1. The first kappa shape index (κ1) is 22.1. The number of hydrogen-bond donors (Lipinski definition) is 1. The number of rotatable bonds is 6. The number of nitrogens with one attached hydrogen (secondary N) is 1. The maximum Gasteiger partial charge on any atom is 0.255 e. The van der Waals surface area contributed by atoms with Gasteiger partial charge in [0.1, 0.15) is 5.82 Å². The molecule has 2 fully saturated rings. The van der Waals surface area contributed by atoms with Crippen LogP contribution < -0.4 is 5.32 Å². The number of ether oxygens (including phenoxy) is 1. The molecule has 1 aromatic carbocycles. The number of likely N-dealkylation sites (tertiary alicyclic amines) is 1. The number of piperidine rings is 1. The molecule has 2 aliphatic rings. The average Bonchev–Trinajstić information content (AvgIpc) is 2.78. The molecular formula is C24H31ClN4O2. The minimum absolute atomic E-state index is 0.0192. The van der Waals surface area contributed by atoms with Crippen LogP contribution in [0.2, 0.25) is 5.02 Å². The summed E-state index contributed by atoms with van der Waals surface area (Å²) in [7, 11) is 0. The quantitative estimate of drug-likeness (QED) is 0.726. The van der Waals surface area contributed by atoms with Crippen LogP contribution in [0, 0.1) is 0 Å². The van der Waals surface area contributed by atoms with Gasteiger partial charge in [-0.1, -0.05) is 35.9 Å². The number of carbonyl (C=O) groups is 1. The summed E-state index contributed by atoms with van der Waals surface area (Å²) in [6.45, 7) is 8.02. The van der Waals surface area contributed by atoms with E-state index in [-0.39, 0.29) is 12.0 Å². The molecule has 2 aliphatic heterocycles. The van der Waals surface area contributed by atoms with Gasteiger partial charge in [0.25, 0.3) is 5.91 Å². The van der Waals surface area contributed by atoms with E-state index in [1.807, 2.05) is 4.90 Å². The highest BCUT2D eigenvalue weighted by molar-refractivity contribution is 6.33. The van der Waals surface area contributed by atoms with Gasteiger partial charge in [-0.25, -0.2) is 4.98 Å². The van der Waals surface area contributed by atoms with Gasteiger partial charge in [0.2, 0.25) is 0 Å². The normalized spacial score (nSPS) is 19.9. The zero-order valence-electron chi connectivity index (χ0n) is 18.1. The standard InChI is InChI=1S/C24H31ClN4O2/c1-18-16-28(10-11-31-18)17-20-7-5-6-19(12-20)14-26-23-22(25)13-21(15-27-23)24(30)29-8-3-2-4-9-29/h5-7,12-13,15,18H,2-4,8-11,14,16-17H2,1H3,(H,26,27). The van der Waals surface area contributed by atoms with E-state index in [9.17, 15) is 4.79 Å². The second-order valence-electron chi connectivity index (χ2n) is 8.50. The molecule has 3 heterocycles. The molecule has 1 N–H and O–H groups in total. The number of nitrogens with zero attached hydrogens (tertiary/aromatic N) is 3. The lowest BCUT2D eigenvalue weighted by atomic mass is 10.1. The molecule has 2 saturated heterocycles. The molecule has 1 unspecified atom stereocenters. The van der Waals surface area contributed by atoms with Crippen molar-refractivity contribution in [2.45, 2.75) is 45.4 Å². The van der Waals surface area contributed by atoms with Crippen molar-refractivity contribution in [2.75, 3.05) is 38.1 Å². The van der Waals surface area contributed by atoms with Crippen LogP contribution in [0.1, 0.15) is 47.7 Å². The van der Waals surface area contributed by atoms with Crippen LogP contribution in [-0.4, -0.2) is 59.6 Å². The Hall–Kier alpha value is -2.15. The topological polar surface area (TPSA) is 57.7 Å². The molecule has 0 bridgehead atoms. The van der Waals surface area contributed by atoms with Gasteiger partial charge in [-0.3, -0.25) is 9.69 Å². The summed E-state index contributed by atoms with van der Waals surface area (Å²) in [6, 6.07) is 10.3. The van der Waals surface area contributed by atoms with Crippen molar-refractivity contribution in [3.8, 4) is 0 Å². The Morgan fingerprint density at radius 3 is 2.77 bits per heavy atom. The van der Waals surface area contributed by atoms with E-state index in [0.717, 1.165) is 52.2 Å². The second-order valence-corrected chi connectivity index (χ2v) is 8.90. The molecule has 0 radical (unpaired) electrons. The van der Waals surface area contributed by atoms with E-state index in [4.69, 9.17) is 16.3 Å². The number of pyridine rings is 1. The van der Waals surface area contributed by atoms with Crippen LogP contribution in [-0.2, 0) is 17.8 Å². The molecule has 7 heteroatoms. The van der Waals surface area contributed by atoms with Crippen LogP contribution in [0.3, 0.4) is 0 Å². The predicted molar refractivity (Wildman–Crippen MR) is 123 cm³/mol. The third-order valence-corrected chi connectivity index (χ3v) is 6.20. The molecule has 0 saturated carbocycles. The Morgan fingerprint density at radius 1 is 1.19 bits per heavy atom. The lowest BCUT2D eigenvalue weighted by Crippen LogP contribution is -2.40. The largest absolute Gasteiger partial charge is 0.376 e. The number of benzene rings is 1. The van der Waals surface area contributed by atoms with E-state index in [0.29, 0.717) is 22.9 Å².